The van der Waals surface area contributed by atoms with Crippen LogP contribution >= 0.6 is 0 Å². The van der Waals surface area contributed by atoms with Crippen LogP contribution in [-0.2, 0) is 16.0 Å². The van der Waals surface area contributed by atoms with E-state index in [4.69, 9.17) is 10.5 Å². The molecule has 0 saturated carbocycles. The molecule has 6 heteroatoms. The van der Waals surface area contributed by atoms with E-state index in [2.05, 4.69) is 15.3 Å². The first-order chi connectivity index (χ1) is 7.65. The molecule has 16 heavy (non-hydrogen) atoms. The molecule has 6 nitrogen and oxygen atoms in total. The van der Waals surface area contributed by atoms with Gasteiger partial charge < -0.3 is 15.8 Å². The van der Waals surface area contributed by atoms with E-state index >= 15 is 0 Å². The van der Waals surface area contributed by atoms with Crippen LogP contribution < -0.4 is 11.1 Å². The zero-order valence-electron chi connectivity index (χ0n) is 9.49. The maximum atomic E-state index is 11.1. The summed E-state index contributed by atoms with van der Waals surface area (Å²) in [6.45, 7) is 4.14. The fourth-order valence-corrected chi connectivity index (χ4v) is 1.14. The van der Waals surface area contributed by atoms with Gasteiger partial charge in [0.2, 0.25) is 0 Å². The van der Waals surface area contributed by atoms with Gasteiger partial charge in [0.25, 0.3) is 0 Å². The molecule has 1 rings (SSSR count). The zero-order valence-corrected chi connectivity index (χ0v) is 9.49. The summed E-state index contributed by atoms with van der Waals surface area (Å²) in [6, 6.07) is 1.58. The van der Waals surface area contributed by atoms with Crippen molar-refractivity contribution in [1.29, 1.82) is 0 Å². The number of nitrogens with zero attached hydrogens (tertiary/aromatic N) is 2. The summed E-state index contributed by atoms with van der Waals surface area (Å²) >= 11 is 0. The summed E-state index contributed by atoms with van der Waals surface area (Å²) in [5.41, 5.74) is 5.59. The molecule has 0 fully saturated rings. The number of hydrogen-bond donors (Lipinski definition) is 2. The highest BCUT2D eigenvalue weighted by Gasteiger charge is 2.04. The van der Waals surface area contributed by atoms with Gasteiger partial charge >= 0.3 is 5.97 Å². The first-order valence-electron chi connectivity index (χ1n) is 5.18. The van der Waals surface area contributed by atoms with Gasteiger partial charge in [-0.2, -0.15) is 0 Å². The predicted octanol–water partition coefficient (Wildman–Crippen LogP) is 0.596. The second kappa shape index (κ2) is 5.89. The van der Waals surface area contributed by atoms with Crippen LogP contribution in [0.4, 0.5) is 11.6 Å². The van der Waals surface area contributed by atoms with E-state index in [0.29, 0.717) is 30.5 Å². The second-order valence-electron chi connectivity index (χ2n) is 3.11. The van der Waals surface area contributed by atoms with Gasteiger partial charge in [0.1, 0.15) is 24.0 Å². The minimum absolute atomic E-state index is 0.0768. The monoisotopic (exact) mass is 224 g/mol. The van der Waals surface area contributed by atoms with E-state index in [1.165, 1.54) is 0 Å². The number of nitrogens with two attached hydrogens (primary N) is 1. The number of aromatic nitrogens is 2. The molecule has 88 valence electrons. The molecule has 0 spiro atoms. The Morgan fingerprint density at radius 1 is 1.50 bits per heavy atom. The molecule has 0 amide bonds. The van der Waals surface area contributed by atoms with Crippen LogP contribution in [0, 0.1) is 0 Å². The summed E-state index contributed by atoms with van der Waals surface area (Å²) < 4.78 is 4.77. The number of nitrogens with one attached hydrogen (secondary N) is 1. The highest BCUT2D eigenvalue weighted by molar-refractivity contribution is 5.74. The quantitative estimate of drug-likeness (QED) is 0.712. The van der Waals surface area contributed by atoms with Crippen molar-refractivity contribution in [2.24, 2.45) is 0 Å². The van der Waals surface area contributed by atoms with Crippen LogP contribution in [0.1, 0.15) is 19.7 Å². The number of anilines is 2. The number of nitrogen functional groups attached to an aromatic ring is 1. The van der Waals surface area contributed by atoms with Crippen LogP contribution in [0.2, 0.25) is 0 Å². The van der Waals surface area contributed by atoms with Crippen molar-refractivity contribution in [3.8, 4) is 0 Å². The zero-order chi connectivity index (χ0) is 12.0. The maximum absolute atomic E-state index is 11.1. The predicted molar refractivity (Wildman–Crippen MR) is 60.9 cm³/mol. The topological polar surface area (TPSA) is 90.1 Å². The summed E-state index contributed by atoms with van der Waals surface area (Å²) in [5, 5.41) is 2.84. The lowest BCUT2D eigenvalue weighted by Gasteiger charge is -2.07. The van der Waals surface area contributed by atoms with Gasteiger partial charge in [-0.3, -0.25) is 4.79 Å². The summed E-state index contributed by atoms with van der Waals surface area (Å²) in [4.78, 5) is 19.3. The van der Waals surface area contributed by atoms with Crippen LogP contribution in [0.25, 0.3) is 0 Å². The van der Waals surface area contributed by atoms with Gasteiger partial charge in [-0.15, -0.1) is 0 Å². The van der Waals surface area contributed by atoms with Gasteiger partial charge in [0.05, 0.1) is 6.61 Å². The Morgan fingerprint density at radius 3 is 2.88 bits per heavy atom. The number of rotatable bonds is 5. The largest absolute Gasteiger partial charge is 0.465 e. The lowest BCUT2D eigenvalue weighted by molar-refractivity contribution is -0.140. The molecule has 1 aromatic rings. The Kier molecular flexibility index (Phi) is 4.50. The lowest BCUT2D eigenvalue weighted by Crippen LogP contribution is -2.18. The molecule has 0 aliphatic heterocycles. The summed E-state index contributed by atoms with van der Waals surface area (Å²) in [5.74, 6) is 1.25. The van der Waals surface area contributed by atoms with E-state index in [-0.39, 0.29) is 12.5 Å². The average molecular weight is 224 g/mol. The molecule has 0 bridgehead atoms. The Labute approximate surface area is 94.2 Å². The molecule has 0 aromatic carbocycles. The van der Waals surface area contributed by atoms with Gasteiger partial charge in [0.15, 0.2) is 0 Å². The molecule has 1 aromatic heterocycles. The second-order valence-corrected chi connectivity index (χ2v) is 3.11. The molecule has 0 atom stereocenters. The van der Waals surface area contributed by atoms with E-state index < -0.39 is 0 Å². The van der Waals surface area contributed by atoms with Gasteiger partial charge in [0, 0.05) is 12.5 Å². The van der Waals surface area contributed by atoms with E-state index in [1.807, 2.05) is 6.92 Å². The van der Waals surface area contributed by atoms with Crippen LogP contribution in [-0.4, -0.2) is 29.1 Å². The molecule has 0 unspecified atom stereocenters. The van der Waals surface area contributed by atoms with Gasteiger partial charge in [-0.05, 0) is 6.92 Å². The van der Waals surface area contributed by atoms with Crippen LogP contribution in [0.3, 0.4) is 0 Å². The smallest absolute Gasteiger partial charge is 0.325 e. The fraction of sp³-hybridized carbons (Fsp3) is 0.500. The number of carbonyl (C=O) groups excluding carboxylic acids is 1. The van der Waals surface area contributed by atoms with Crippen molar-refractivity contribution in [2.75, 3.05) is 24.2 Å². The van der Waals surface area contributed by atoms with E-state index in [1.54, 1.807) is 13.0 Å². The molecular weight excluding hydrogens is 208 g/mol. The molecule has 1 heterocycles. The van der Waals surface area contributed by atoms with Crippen molar-refractivity contribution in [2.45, 2.75) is 20.3 Å². The maximum Gasteiger partial charge on any atom is 0.325 e. The highest BCUT2D eigenvalue weighted by Crippen LogP contribution is 2.08. The van der Waals surface area contributed by atoms with E-state index in [0.717, 1.165) is 0 Å². The minimum atomic E-state index is -0.322. The first-order valence-corrected chi connectivity index (χ1v) is 5.18. The van der Waals surface area contributed by atoms with Crippen molar-refractivity contribution in [3.05, 3.63) is 11.9 Å². The van der Waals surface area contributed by atoms with Crippen molar-refractivity contribution in [3.63, 3.8) is 0 Å². The first kappa shape index (κ1) is 12.2. The Bertz CT molecular complexity index is 368. The minimum Gasteiger partial charge on any atom is -0.465 e. The number of ether oxygens (including phenoxy) is 1. The standard InChI is InChI=1S/C10H16N4O2/c1-3-8-13-7(11)5-9(14-8)12-6-10(15)16-4-2/h5H,3-4,6H2,1-2H3,(H3,11,12,13,14). The Balaban J connectivity index is 2.59. The van der Waals surface area contributed by atoms with Gasteiger partial charge in [-0.25, -0.2) is 9.97 Å². The molecule has 3 N–H and O–H groups in total. The van der Waals surface area contributed by atoms with Crippen molar-refractivity contribution < 1.29 is 9.53 Å². The molecular formula is C10H16N4O2. The SMILES string of the molecule is CCOC(=O)CNc1cc(N)nc(CC)n1. The van der Waals surface area contributed by atoms with Crippen molar-refractivity contribution in [1.82, 2.24) is 9.97 Å². The third kappa shape index (κ3) is 3.72. The Hall–Kier alpha value is -1.85. The fourth-order valence-electron chi connectivity index (χ4n) is 1.14. The van der Waals surface area contributed by atoms with E-state index in [9.17, 15) is 4.79 Å². The number of hydrogen-bond acceptors (Lipinski definition) is 6. The number of carbonyl (C=O) groups is 1. The molecule has 0 radical (unpaired) electrons. The normalized spacial score (nSPS) is 9.88. The highest BCUT2D eigenvalue weighted by atomic mass is 16.5. The molecule has 0 aliphatic rings. The summed E-state index contributed by atoms with van der Waals surface area (Å²) in [6.07, 6.45) is 0.694. The Morgan fingerprint density at radius 2 is 2.25 bits per heavy atom. The number of aryl methyl sites for hydroxylation is 1. The molecule has 0 aliphatic carbocycles. The van der Waals surface area contributed by atoms with Crippen LogP contribution in [0.15, 0.2) is 6.07 Å². The third-order valence-corrected chi connectivity index (χ3v) is 1.83. The molecule has 0 saturated heterocycles. The van der Waals surface area contributed by atoms with Crippen LogP contribution in [0.5, 0.6) is 0 Å². The lowest BCUT2D eigenvalue weighted by atomic mass is 10.4. The summed E-state index contributed by atoms with van der Waals surface area (Å²) in [7, 11) is 0. The average Bonchev–Trinajstić information content (AvgIpc) is 2.26. The third-order valence-electron chi connectivity index (χ3n) is 1.83. The van der Waals surface area contributed by atoms with Crippen molar-refractivity contribution >= 4 is 17.6 Å². The number of esters is 1. The van der Waals surface area contributed by atoms with Gasteiger partial charge in [-0.1, -0.05) is 6.92 Å².